The van der Waals surface area contributed by atoms with E-state index in [9.17, 15) is 0 Å². The zero-order valence-electron chi connectivity index (χ0n) is 38.2. The number of pyridine rings is 4. The van der Waals surface area contributed by atoms with Crippen LogP contribution in [0.5, 0.6) is 0 Å². The van der Waals surface area contributed by atoms with E-state index in [2.05, 4.69) is 167 Å². The smallest absolute Gasteiger partial charge is 0.753 e. The molecule has 338 valence electrons. The number of rotatable bonds is 20. The molecule has 65 heavy (non-hydrogen) atoms. The number of unbranched alkanes of at least 4 members (excludes halogenated alkanes) is 4. The minimum absolute atomic E-state index is 0. The monoisotopic (exact) mass is 988 g/mol. The van der Waals surface area contributed by atoms with Crippen molar-refractivity contribution in [2.24, 2.45) is 0 Å². The van der Waals surface area contributed by atoms with E-state index < -0.39 is 0 Å². The molecule has 0 spiro atoms. The zero-order chi connectivity index (χ0) is 46.0. The molecule has 0 amide bonds. The predicted molar refractivity (Wildman–Crippen MR) is 282 cm³/mol. The summed E-state index contributed by atoms with van der Waals surface area (Å²) in [7, 11) is 0. The van der Waals surface area contributed by atoms with E-state index in [4.69, 9.17) is 10.8 Å². The summed E-state index contributed by atoms with van der Waals surface area (Å²) in [5, 5.41) is 16.9. The van der Waals surface area contributed by atoms with Gasteiger partial charge in [-0.15, -0.1) is 0 Å². The van der Waals surface area contributed by atoms with Crippen molar-refractivity contribution >= 4 is 70.4 Å². The molecule has 0 radical (unpaired) electrons. The van der Waals surface area contributed by atoms with Crippen LogP contribution in [0.2, 0.25) is 0 Å². The van der Waals surface area contributed by atoms with Crippen LogP contribution in [0, 0.1) is 0 Å². The van der Waals surface area contributed by atoms with E-state index in [-0.39, 0.29) is 19.5 Å². The molecular weight excluding hydrogens is 926 g/mol. The van der Waals surface area contributed by atoms with Gasteiger partial charge < -0.3 is 20.6 Å². The van der Waals surface area contributed by atoms with Gasteiger partial charge in [-0.25, -0.2) is 0 Å². The molecule has 0 fully saturated rings. The minimum Gasteiger partial charge on any atom is -0.753 e. The number of hydrogen-bond donors (Lipinski definition) is 0. The van der Waals surface area contributed by atoms with Crippen LogP contribution in [0.1, 0.15) is 101 Å². The molecule has 0 saturated carbocycles. The van der Waals surface area contributed by atoms with Gasteiger partial charge in [-0.3, -0.25) is 19.9 Å². The fourth-order valence-corrected chi connectivity index (χ4v) is 6.52. The van der Waals surface area contributed by atoms with Crippen LogP contribution in [-0.2, 0) is 19.5 Å². The average molecular weight is 988 g/mol. The number of aromatic nitrogens is 4. The Morgan fingerprint density at radius 1 is 0.431 bits per heavy atom. The Hall–Kier alpha value is -5.66. The summed E-state index contributed by atoms with van der Waals surface area (Å²) < 4.78 is 0. The second-order valence-electron chi connectivity index (χ2n) is 14.8. The summed E-state index contributed by atoms with van der Waals surface area (Å²) in [6.07, 6.45) is 25.8. The molecule has 0 saturated heterocycles. The van der Waals surface area contributed by atoms with Gasteiger partial charge in [-0.2, -0.15) is 10.3 Å². The summed E-state index contributed by atoms with van der Waals surface area (Å²) in [5.41, 5.74) is 10.8. The minimum atomic E-state index is 0. The summed E-state index contributed by atoms with van der Waals surface area (Å²) in [6.45, 7) is 13.5. The van der Waals surface area contributed by atoms with Crippen molar-refractivity contribution < 1.29 is 19.5 Å². The molecule has 4 aromatic heterocycles. The quantitative estimate of drug-likeness (QED) is 0.0423. The molecule has 6 rings (SSSR count). The van der Waals surface area contributed by atoms with Gasteiger partial charge in [0, 0.05) is 62.3 Å². The third-order valence-corrected chi connectivity index (χ3v) is 10.0. The first kappa shape index (κ1) is 55.5. The molecule has 0 aliphatic rings. The van der Waals surface area contributed by atoms with Crippen molar-refractivity contribution in [2.45, 2.75) is 79.1 Å². The number of nitrogens with zero attached hydrogens (tertiary/aromatic N) is 8. The first-order valence-electron chi connectivity index (χ1n) is 22.3. The average Bonchev–Trinajstić information content (AvgIpc) is 3.35. The second-order valence-corrected chi connectivity index (χ2v) is 15.2. The number of isothiocyanates is 2. The van der Waals surface area contributed by atoms with Gasteiger partial charge in [-0.05, 0) is 121 Å². The molecule has 11 heteroatoms. The van der Waals surface area contributed by atoms with Crippen molar-refractivity contribution in [1.82, 2.24) is 19.9 Å². The van der Waals surface area contributed by atoms with E-state index >= 15 is 0 Å². The van der Waals surface area contributed by atoms with Gasteiger partial charge in [0.25, 0.3) is 0 Å². The number of thiocarbonyl (C=S) groups is 2. The molecule has 0 bridgehead atoms. The Bertz CT molecular complexity index is 2110. The van der Waals surface area contributed by atoms with Crippen LogP contribution < -0.4 is 9.80 Å². The van der Waals surface area contributed by atoms with Gasteiger partial charge in [0.05, 0.1) is 22.8 Å². The fourth-order valence-electron chi connectivity index (χ4n) is 6.52. The second kappa shape index (κ2) is 34.7. The van der Waals surface area contributed by atoms with Gasteiger partial charge in [0.15, 0.2) is 0 Å². The van der Waals surface area contributed by atoms with E-state index in [1.165, 1.54) is 84.2 Å². The summed E-state index contributed by atoms with van der Waals surface area (Å²) in [4.78, 5) is 22.7. The van der Waals surface area contributed by atoms with Crippen LogP contribution >= 0.6 is 24.4 Å². The molecule has 2 aromatic carbocycles. The third-order valence-electron chi connectivity index (χ3n) is 10.0. The standard InChI is InChI=1S/C42H54N4.C10H8N2.2CNS.Ru/c1-5-9-29-45(30-10-6-2)39-21-17-35(18-22-39)13-15-37-25-27-43-41(33-37)42-34-38(26-28-44-42)16-14-36-19-23-40(24-20-36)46(31-11-7-3)32-12-8-4;1-3-7-11-9(5-1)10-6-2-4-8-12-10;2*2-1-3;/h13-28,33-34H,5-12,29-32H2,1-4H3;1-8H;;;/q;;2*-1;+2/b15-13+,16-14+;;;;. The number of anilines is 2. The molecule has 0 aliphatic heterocycles. The molecule has 0 unspecified atom stereocenters. The third kappa shape index (κ3) is 21.7. The van der Waals surface area contributed by atoms with Crippen molar-refractivity contribution in [2.75, 3.05) is 36.0 Å². The van der Waals surface area contributed by atoms with Crippen LogP contribution in [-0.4, -0.2) is 56.4 Å². The SMILES string of the molecule is CCCCN(CCCC)c1ccc(/C=C/c2ccnc(-c3cc(/C=C/c4ccc(N(CCCC)CCCC)cc4)ccn3)c2)cc1.[N-]=C=S.[N-]=C=S.[Ru+2].c1ccc(-c2ccccn2)nc1. The van der Waals surface area contributed by atoms with E-state index in [1.807, 2.05) is 60.9 Å². The Labute approximate surface area is 412 Å². The topological polar surface area (TPSA) is 103 Å². The van der Waals surface area contributed by atoms with Gasteiger partial charge >= 0.3 is 19.5 Å². The molecule has 0 aliphatic carbocycles. The van der Waals surface area contributed by atoms with Gasteiger partial charge in [0.2, 0.25) is 0 Å². The Morgan fingerprint density at radius 3 is 1.03 bits per heavy atom. The Kier molecular flexibility index (Phi) is 29.6. The maximum atomic E-state index is 7.13. The largest absolute Gasteiger partial charge is 2.00 e. The first-order chi connectivity index (χ1) is 31.4. The van der Waals surface area contributed by atoms with Crippen molar-refractivity contribution in [3.63, 3.8) is 0 Å². The molecule has 0 N–H and O–H groups in total. The van der Waals surface area contributed by atoms with E-state index in [0.717, 1.165) is 60.1 Å². The summed E-state index contributed by atoms with van der Waals surface area (Å²) >= 11 is 7.40. The normalized spacial score (nSPS) is 10.2. The summed E-state index contributed by atoms with van der Waals surface area (Å²) in [5.74, 6) is 0. The molecular formula is C54H62N8RuS2. The fraction of sp³-hybridized carbons (Fsp3) is 0.296. The van der Waals surface area contributed by atoms with Gasteiger partial charge in [0.1, 0.15) is 0 Å². The van der Waals surface area contributed by atoms with E-state index in [1.54, 1.807) is 12.4 Å². The molecule has 4 heterocycles. The van der Waals surface area contributed by atoms with Crippen molar-refractivity contribution in [3.05, 3.63) is 167 Å². The number of hydrogen-bond acceptors (Lipinski definition) is 8. The van der Waals surface area contributed by atoms with Crippen LogP contribution in [0.15, 0.2) is 134 Å². The molecule has 8 nitrogen and oxygen atoms in total. The predicted octanol–water partition coefficient (Wildman–Crippen LogP) is 14.8. The van der Waals surface area contributed by atoms with Crippen LogP contribution in [0.4, 0.5) is 11.4 Å². The molecule has 6 aromatic rings. The summed E-state index contributed by atoms with van der Waals surface area (Å²) in [6, 6.07) is 37.8. The van der Waals surface area contributed by atoms with Crippen molar-refractivity contribution in [1.29, 1.82) is 0 Å². The molecule has 0 atom stereocenters. The van der Waals surface area contributed by atoms with Crippen molar-refractivity contribution in [3.8, 4) is 22.8 Å². The zero-order valence-corrected chi connectivity index (χ0v) is 41.6. The maximum Gasteiger partial charge on any atom is 2.00 e. The maximum absolute atomic E-state index is 7.13. The van der Waals surface area contributed by atoms with Crippen LogP contribution in [0.25, 0.3) is 57.9 Å². The number of benzene rings is 2. The first-order valence-corrected chi connectivity index (χ1v) is 23.1. The van der Waals surface area contributed by atoms with E-state index in [0.29, 0.717) is 0 Å². The van der Waals surface area contributed by atoms with Crippen LogP contribution in [0.3, 0.4) is 0 Å². The van der Waals surface area contributed by atoms with Gasteiger partial charge in [-0.1, -0.05) is 139 Å². The Balaban J connectivity index is 0.000000636. The Morgan fingerprint density at radius 2 is 0.738 bits per heavy atom.